The third-order valence-electron chi connectivity index (χ3n) is 4.98. The maximum atomic E-state index is 9.48. The second-order valence-corrected chi connectivity index (χ2v) is 7.06. The number of hydrogen-bond donors (Lipinski definition) is 0. The number of allylic oxidation sites excluding steroid dienone is 1. The predicted octanol–water partition coefficient (Wildman–Crippen LogP) is 3.57. The van der Waals surface area contributed by atoms with E-state index in [2.05, 4.69) is 11.0 Å². The SMILES string of the molecule is COc1cc(COc2ccc(C/C(C#N)=C/N3CCOCC3)cc2)cc(OC)c1OC. The molecule has 31 heavy (non-hydrogen) atoms. The average Bonchev–Trinajstić information content (AvgIpc) is 2.83. The second kappa shape index (κ2) is 11.1. The number of hydrogen-bond acceptors (Lipinski definition) is 7. The van der Waals surface area contributed by atoms with Gasteiger partial charge < -0.3 is 28.6 Å². The Hall–Kier alpha value is -3.37. The van der Waals surface area contributed by atoms with Crippen molar-refractivity contribution in [3.8, 4) is 29.1 Å². The van der Waals surface area contributed by atoms with Gasteiger partial charge in [0.1, 0.15) is 12.4 Å². The molecule has 7 heteroatoms. The standard InChI is InChI=1S/C24H28N2O5/c1-27-22-13-19(14-23(28-2)24(22)29-3)17-31-21-6-4-18(5-7-21)12-20(15-25)16-26-8-10-30-11-9-26/h4-7,13-14,16H,8-12,17H2,1-3H3/b20-16-. The molecule has 0 unspecified atom stereocenters. The summed E-state index contributed by atoms with van der Waals surface area (Å²) in [5.74, 6) is 2.48. The Kier molecular flexibility index (Phi) is 8.02. The lowest BCUT2D eigenvalue weighted by Gasteiger charge is -2.25. The summed E-state index contributed by atoms with van der Waals surface area (Å²) >= 11 is 0. The third-order valence-corrected chi connectivity index (χ3v) is 4.98. The monoisotopic (exact) mass is 424 g/mol. The van der Waals surface area contributed by atoms with Crippen molar-refractivity contribution in [2.45, 2.75) is 13.0 Å². The number of ether oxygens (including phenoxy) is 5. The predicted molar refractivity (Wildman–Crippen MR) is 117 cm³/mol. The van der Waals surface area contributed by atoms with Crippen LogP contribution in [-0.4, -0.2) is 52.5 Å². The van der Waals surface area contributed by atoms with Gasteiger partial charge in [-0.3, -0.25) is 0 Å². The fourth-order valence-electron chi connectivity index (χ4n) is 3.35. The summed E-state index contributed by atoms with van der Waals surface area (Å²) in [5.41, 5.74) is 2.69. The van der Waals surface area contributed by atoms with Crippen molar-refractivity contribution < 1.29 is 23.7 Å². The molecule has 0 N–H and O–H groups in total. The Balaban J connectivity index is 1.62. The normalized spacial score (nSPS) is 14.0. The molecule has 0 saturated carbocycles. The van der Waals surface area contributed by atoms with Crippen LogP contribution < -0.4 is 18.9 Å². The number of nitrogens with zero attached hydrogens (tertiary/aromatic N) is 2. The van der Waals surface area contributed by atoms with E-state index < -0.39 is 0 Å². The van der Waals surface area contributed by atoms with E-state index in [0.717, 1.165) is 35.5 Å². The van der Waals surface area contributed by atoms with E-state index in [9.17, 15) is 5.26 Å². The number of rotatable bonds is 9. The van der Waals surface area contributed by atoms with Crippen LogP contribution >= 0.6 is 0 Å². The minimum atomic E-state index is 0.358. The molecular weight excluding hydrogens is 396 g/mol. The van der Waals surface area contributed by atoms with Crippen LogP contribution in [0.1, 0.15) is 11.1 Å². The maximum absolute atomic E-state index is 9.48. The fourth-order valence-corrected chi connectivity index (χ4v) is 3.35. The van der Waals surface area contributed by atoms with Crippen molar-refractivity contribution in [1.29, 1.82) is 5.26 Å². The van der Waals surface area contributed by atoms with Gasteiger partial charge in [0, 0.05) is 31.3 Å². The lowest BCUT2D eigenvalue weighted by atomic mass is 10.1. The van der Waals surface area contributed by atoms with Crippen LogP contribution in [0.2, 0.25) is 0 Å². The summed E-state index contributed by atoms with van der Waals surface area (Å²) in [6.07, 6.45) is 2.53. The molecule has 1 fully saturated rings. The summed E-state index contributed by atoms with van der Waals surface area (Å²) in [6, 6.07) is 13.8. The first-order valence-corrected chi connectivity index (χ1v) is 10.1. The van der Waals surface area contributed by atoms with Gasteiger partial charge in [0.05, 0.1) is 40.6 Å². The Morgan fingerprint density at radius 2 is 1.65 bits per heavy atom. The molecule has 0 aliphatic carbocycles. The summed E-state index contributed by atoms with van der Waals surface area (Å²) in [6.45, 7) is 3.40. The Bertz CT molecular complexity index is 903. The maximum Gasteiger partial charge on any atom is 0.203 e. The lowest BCUT2D eigenvalue weighted by molar-refractivity contribution is 0.0591. The zero-order valence-corrected chi connectivity index (χ0v) is 18.2. The molecule has 2 aromatic rings. The van der Waals surface area contributed by atoms with Crippen LogP contribution in [-0.2, 0) is 17.8 Å². The molecule has 0 spiro atoms. The highest BCUT2D eigenvalue weighted by Gasteiger charge is 2.13. The Morgan fingerprint density at radius 1 is 1.00 bits per heavy atom. The number of methoxy groups -OCH3 is 3. The van der Waals surface area contributed by atoms with Crippen molar-refractivity contribution in [1.82, 2.24) is 4.90 Å². The van der Waals surface area contributed by atoms with Crippen molar-refractivity contribution in [2.24, 2.45) is 0 Å². The molecule has 0 amide bonds. The van der Waals surface area contributed by atoms with Crippen LogP contribution in [0.25, 0.3) is 0 Å². The van der Waals surface area contributed by atoms with Crippen molar-refractivity contribution in [2.75, 3.05) is 47.6 Å². The zero-order valence-electron chi connectivity index (χ0n) is 18.2. The second-order valence-electron chi connectivity index (χ2n) is 7.06. The van der Waals surface area contributed by atoms with Gasteiger partial charge in [0.15, 0.2) is 11.5 Å². The summed E-state index contributed by atoms with van der Waals surface area (Å²) in [5, 5.41) is 9.48. The molecule has 1 saturated heterocycles. The molecule has 164 valence electrons. The van der Waals surface area contributed by atoms with E-state index in [0.29, 0.717) is 43.5 Å². The van der Waals surface area contributed by atoms with E-state index in [4.69, 9.17) is 23.7 Å². The van der Waals surface area contributed by atoms with Gasteiger partial charge in [-0.25, -0.2) is 0 Å². The van der Waals surface area contributed by atoms with Crippen LogP contribution in [0, 0.1) is 11.3 Å². The first-order valence-electron chi connectivity index (χ1n) is 10.1. The van der Waals surface area contributed by atoms with E-state index in [1.54, 1.807) is 21.3 Å². The van der Waals surface area contributed by atoms with Crippen LogP contribution in [0.3, 0.4) is 0 Å². The lowest BCUT2D eigenvalue weighted by Crippen LogP contribution is -2.32. The minimum absolute atomic E-state index is 0.358. The highest BCUT2D eigenvalue weighted by molar-refractivity contribution is 5.53. The van der Waals surface area contributed by atoms with Gasteiger partial charge in [0.2, 0.25) is 5.75 Å². The highest BCUT2D eigenvalue weighted by atomic mass is 16.5. The molecule has 1 aliphatic rings. The summed E-state index contributed by atoms with van der Waals surface area (Å²) in [4.78, 5) is 2.14. The van der Waals surface area contributed by atoms with E-state index in [-0.39, 0.29) is 0 Å². The fraction of sp³-hybridized carbons (Fsp3) is 0.375. The zero-order chi connectivity index (χ0) is 22.1. The molecule has 0 bridgehead atoms. The van der Waals surface area contributed by atoms with E-state index >= 15 is 0 Å². The molecule has 1 heterocycles. The van der Waals surface area contributed by atoms with Crippen LogP contribution in [0.4, 0.5) is 0 Å². The molecule has 2 aromatic carbocycles. The van der Waals surface area contributed by atoms with E-state index in [1.807, 2.05) is 42.6 Å². The molecule has 0 atom stereocenters. The van der Waals surface area contributed by atoms with Crippen molar-refractivity contribution in [3.63, 3.8) is 0 Å². The molecule has 1 aliphatic heterocycles. The third kappa shape index (κ3) is 6.06. The largest absolute Gasteiger partial charge is 0.493 e. The van der Waals surface area contributed by atoms with Gasteiger partial charge in [-0.05, 0) is 35.4 Å². The van der Waals surface area contributed by atoms with Crippen LogP contribution in [0.5, 0.6) is 23.0 Å². The van der Waals surface area contributed by atoms with E-state index in [1.165, 1.54) is 0 Å². The molecular formula is C24H28N2O5. The number of nitriles is 1. The van der Waals surface area contributed by atoms with Gasteiger partial charge >= 0.3 is 0 Å². The summed E-state index contributed by atoms with van der Waals surface area (Å²) in [7, 11) is 4.75. The van der Waals surface area contributed by atoms with Crippen LogP contribution in [0.15, 0.2) is 48.2 Å². The molecule has 3 rings (SSSR count). The van der Waals surface area contributed by atoms with Gasteiger partial charge in [-0.1, -0.05) is 12.1 Å². The number of morpholine rings is 1. The topological polar surface area (TPSA) is 73.2 Å². The van der Waals surface area contributed by atoms with Gasteiger partial charge in [-0.2, -0.15) is 5.26 Å². The first kappa shape index (κ1) is 22.3. The minimum Gasteiger partial charge on any atom is -0.493 e. The summed E-state index contributed by atoms with van der Waals surface area (Å²) < 4.78 is 27.4. The highest BCUT2D eigenvalue weighted by Crippen LogP contribution is 2.38. The molecule has 0 radical (unpaired) electrons. The first-order chi connectivity index (χ1) is 15.2. The van der Waals surface area contributed by atoms with Gasteiger partial charge in [0.25, 0.3) is 0 Å². The van der Waals surface area contributed by atoms with Crippen molar-refractivity contribution >= 4 is 0 Å². The smallest absolute Gasteiger partial charge is 0.203 e. The van der Waals surface area contributed by atoms with Gasteiger partial charge in [-0.15, -0.1) is 0 Å². The number of benzene rings is 2. The average molecular weight is 424 g/mol. The Labute approximate surface area is 183 Å². The van der Waals surface area contributed by atoms with Crippen molar-refractivity contribution in [3.05, 3.63) is 59.3 Å². The quantitative estimate of drug-likeness (QED) is 0.570. The molecule has 0 aromatic heterocycles. The molecule has 7 nitrogen and oxygen atoms in total. The Morgan fingerprint density at radius 3 is 2.19 bits per heavy atom.